The molecule has 1 atom stereocenters. The molecule has 17 heavy (non-hydrogen) atoms. The van der Waals surface area contributed by atoms with Crippen molar-refractivity contribution >= 4 is 0 Å². The zero-order valence-corrected chi connectivity index (χ0v) is 9.89. The van der Waals surface area contributed by atoms with Crippen molar-refractivity contribution in [3.63, 3.8) is 0 Å². The summed E-state index contributed by atoms with van der Waals surface area (Å²) in [7, 11) is 0. The molecule has 0 saturated heterocycles. The zero-order valence-electron chi connectivity index (χ0n) is 9.89. The second-order valence-corrected chi connectivity index (χ2v) is 4.18. The summed E-state index contributed by atoms with van der Waals surface area (Å²) in [6.45, 7) is 3.51. The molecular formula is C13H15FN2O. The van der Waals surface area contributed by atoms with Gasteiger partial charge in [-0.2, -0.15) is 0 Å². The van der Waals surface area contributed by atoms with E-state index in [-0.39, 0.29) is 5.82 Å². The van der Waals surface area contributed by atoms with E-state index in [9.17, 15) is 9.50 Å². The normalized spacial score (nSPS) is 12.7. The van der Waals surface area contributed by atoms with Crippen LogP contribution in [0.25, 0.3) is 5.69 Å². The van der Waals surface area contributed by atoms with Crippen molar-refractivity contribution in [1.29, 1.82) is 0 Å². The van der Waals surface area contributed by atoms with E-state index in [1.54, 1.807) is 30.0 Å². The van der Waals surface area contributed by atoms with Gasteiger partial charge in [0, 0.05) is 12.4 Å². The maximum atomic E-state index is 13.9. The number of aromatic nitrogens is 2. The van der Waals surface area contributed by atoms with Gasteiger partial charge in [-0.1, -0.05) is 6.07 Å². The Kier molecular flexibility index (Phi) is 3.24. The number of aliphatic hydroxyl groups excluding tert-OH is 1. The van der Waals surface area contributed by atoms with E-state index in [0.717, 1.165) is 11.4 Å². The fourth-order valence-corrected chi connectivity index (χ4v) is 1.85. The molecule has 1 aromatic carbocycles. The SMILES string of the molecule is Cc1nccn1-c1ccc(CC(C)O)cc1F. The molecule has 1 N–H and O–H groups in total. The number of aliphatic hydroxyl groups is 1. The largest absolute Gasteiger partial charge is 0.393 e. The summed E-state index contributed by atoms with van der Waals surface area (Å²) >= 11 is 0. The Hall–Kier alpha value is -1.68. The summed E-state index contributed by atoms with van der Waals surface area (Å²) in [5, 5.41) is 9.26. The van der Waals surface area contributed by atoms with Crippen molar-refractivity contribution < 1.29 is 9.50 Å². The Balaban J connectivity index is 2.35. The maximum absolute atomic E-state index is 13.9. The van der Waals surface area contributed by atoms with Crippen molar-refractivity contribution in [2.75, 3.05) is 0 Å². The highest BCUT2D eigenvalue weighted by Crippen LogP contribution is 2.17. The molecule has 0 aliphatic heterocycles. The minimum Gasteiger partial charge on any atom is -0.393 e. The molecule has 4 heteroatoms. The molecular weight excluding hydrogens is 219 g/mol. The molecule has 90 valence electrons. The first-order valence-electron chi connectivity index (χ1n) is 5.54. The second kappa shape index (κ2) is 4.67. The third-order valence-electron chi connectivity index (χ3n) is 2.63. The Bertz CT molecular complexity index is 520. The molecule has 2 rings (SSSR count). The molecule has 0 spiro atoms. The second-order valence-electron chi connectivity index (χ2n) is 4.18. The quantitative estimate of drug-likeness (QED) is 0.884. The molecule has 1 unspecified atom stereocenters. The number of rotatable bonds is 3. The standard InChI is InChI=1S/C13H15FN2O/c1-9(17)7-11-3-4-13(12(14)8-11)16-6-5-15-10(16)2/h3-6,8-9,17H,7H2,1-2H3. The van der Waals surface area contributed by atoms with Crippen LogP contribution in [0.5, 0.6) is 0 Å². The number of imidazole rings is 1. The van der Waals surface area contributed by atoms with Crippen molar-refractivity contribution in [2.24, 2.45) is 0 Å². The summed E-state index contributed by atoms with van der Waals surface area (Å²) in [5.41, 5.74) is 1.27. The van der Waals surface area contributed by atoms with Crippen LogP contribution in [-0.2, 0) is 6.42 Å². The smallest absolute Gasteiger partial charge is 0.147 e. The molecule has 0 fully saturated rings. The van der Waals surface area contributed by atoms with E-state index >= 15 is 0 Å². The van der Waals surface area contributed by atoms with Gasteiger partial charge < -0.3 is 9.67 Å². The van der Waals surface area contributed by atoms with Gasteiger partial charge in [0.15, 0.2) is 0 Å². The van der Waals surface area contributed by atoms with Gasteiger partial charge in [-0.05, 0) is 38.0 Å². The predicted octanol–water partition coefficient (Wildman–Crippen LogP) is 2.24. The van der Waals surface area contributed by atoms with Crippen LogP contribution in [-0.4, -0.2) is 20.8 Å². The van der Waals surface area contributed by atoms with Crippen LogP contribution in [0, 0.1) is 12.7 Å². The summed E-state index contributed by atoms with van der Waals surface area (Å²) in [6.07, 6.45) is 3.36. The van der Waals surface area contributed by atoms with Crippen molar-refractivity contribution in [2.45, 2.75) is 26.4 Å². The van der Waals surface area contributed by atoms with Gasteiger partial charge >= 0.3 is 0 Å². The van der Waals surface area contributed by atoms with Crippen molar-refractivity contribution in [3.05, 3.63) is 47.8 Å². The molecule has 0 saturated carbocycles. The van der Waals surface area contributed by atoms with E-state index in [0.29, 0.717) is 12.1 Å². The highest BCUT2D eigenvalue weighted by atomic mass is 19.1. The average Bonchev–Trinajstić information content (AvgIpc) is 2.64. The van der Waals surface area contributed by atoms with E-state index in [2.05, 4.69) is 4.98 Å². The Labute approximate surface area is 99.5 Å². The predicted molar refractivity (Wildman–Crippen MR) is 63.6 cm³/mol. The van der Waals surface area contributed by atoms with Gasteiger partial charge in [0.2, 0.25) is 0 Å². The first-order chi connectivity index (χ1) is 8.08. The van der Waals surface area contributed by atoms with Crippen LogP contribution in [0.4, 0.5) is 4.39 Å². The highest BCUT2D eigenvalue weighted by molar-refractivity contribution is 5.37. The van der Waals surface area contributed by atoms with Gasteiger partial charge in [0.1, 0.15) is 11.6 Å². The molecule has 0 radical (unpaired) electrons. The van der Waals surface area contributed by atoms with Gasteiger partial charge in [-0.25, -0.2) is 9.37 Å². The number of hydrogen-bond donors (Lipinski definition) is 1. The molecule has 1 heterocycles. The number of aryl methyl sites for hydroxylation is 1. The van der Waals surface area contributed by atoms with Crippen LogP contribution in [0.3, 0.4) is 0 Å². The fraction of sp³-hybridized carbons (Fsp3) is 0.308. The van der Waals surface area contributed by atoms with Crippen molar-refractivity contribution in [3.8, 4) is 5.69 Å². The lowest BCUT2D eigenvalue weighted by atomic mass is 10.1. The molecule has 3 nitrogen and oxygen atoms in total. The lowest BCUT2D eigenvalue weighted by molar-refractivity contribution is 0.195. The Morgan fingerprint density at radius 3 is 2.76 bits per heavy atom. The monoisotopic (exact) mass is 234 g/mol. The number of halogens is 1. The van der Waals surface area contributed by atoms with E-state index in [1.165, 1.54) is 6.07 Å². The summed E-state index contributed by atoms with van der Waals surface area (Å²) < 4.78 is 15.6. The summed E-state index contributed by atoms with van der Waals surface area (Å²) in [6, 6.07) is 4.99. The first-order valence-corrected chi connectivity index (χ1v) is 5.54. The lowest BCUT2D eigenvalue weighted by Crippen LogP contribution is -2.06. The topological polar surface area (TPSA) is 38.0 Å². The van der Waals surface area contributed by atoms with Crippen LogP contribution >= 0.6 is 0 Å². The van der Waals surface area contributed by atoms with Crippen molar-refractivity contribution in [1.82, 2.24) is 9.55 Å². The highest BCUT2D eigenvalue weighted by Gasteiger charge is 2.08. The average molecular weight is 234 g/mol. The zero-order chi connectivity index (χ0) is 12.4. The van der Waals surface area contributed by atoms with Crippen LogP contribution in [0.2, 0.25) is 0 Å². The maximum Gasteiger partial charge on any atom is 0.147 e. The van der Waals surface area contributed by atoms with E-state index in [1.807, 2.05) is 13.0 Å². The van der Waals surface area contributed by atoms with Gasteiger partial charge in [-0.3, -0.25) is 0 Å². The molecule has 0 bridgehead atoms. The fourth-order valence-electron chi connectivity index (χ4n) is 1.85. The van der Waals surface area contributed by atoms with E-state index in [4.69, 9.17) is 0 Å². The Morgan fingerprint density at radius 2 is 2.24 bits per heavy atom. The van der Waals surface area contributed by atoms with Crippen LogP contribution in [0.15, 0.2) is 30.6 Å². The van der Waals surface area contributed by atoms with Gasteiger partial charge in [-0.15, -0.1) is 0 Å². The molecule has 0 aliphatic carbocycles. The van der Waals surface area contributed by atoms with Gasteiger partial charge in [0.05, 0.1) is 11.8 Å². The number of nitrogens with zero attached hydrogens (tertiary/aromatic N) is 2. The molecule has 0 aliphatic rings. The summed E-state index contributed by atoms with van der Waals surface area (Å²) in [4.78, 5) is 4.06. The van der Waals surface area contributed by atoms with Crippen LogP contribution in [0.1, 0.15) is 18.3 Å². The number of benzene rings is 1. The Morgan fingerprint density at radius 1 is 1.47 bits per heavy atom. The number of hydrogen-bond acceptors (Lipinski definition) is 2. The van der Waals surface area contributed by atoms with Crippen LogP contribution < -0.4 is 0 Å². The molecule has 0 amide bonds. The minimum atomic E-state index is -0.463. The minimum absolute atomic E-state index is 0.302. The molecule has 1 aromatic heterocycles. The van der Waals surface area contributed by atoms with Gasteiger partial charge in [0.25, 0.3) is 0 Å². The lowest BCUT2D eigenvalue weighted by Gasteiger charge is -2.09. The van der Waals surface area contributed by atoms with E-state index < -0.39 is 6.10 Å². The third kappa shape index (κ3) is 2.53. The summed E-state index contributed by atoms with van der Waals surface area (Å²) in [5.74, 6) is 0.441. The first kappa shape index (κ1) is 11.8. The third-order valence-corrected chi connectivity index (χ3v) is 2.63. The molecule has 2 aromatic rings.